The van der Waals surface area contributed by atoms with E-state index in [4.69, 9.17) is 11.6 Å². The number of alkyl halides is 1. The van der Waals surface area contributed by atoms with Crippen LogP contribution in [0.3, 0.4) is 0 Å². The van der Waals surface area contributed by atoms with Crippen molar-refractivity contribution in [3.05, 3.63) is 32.2 Å². The Morgan fingerprint density at radius 1 is 1.21 bits per heavy atom. The van der Waals surface area contributed by atoms with Crippen molar-refractivity contribution < 1.29 is 0 Å². The minimum Gasteiger partial charge on any atom is -0.301 e. The topological polar surface area (TPSA) is 29.0 Å². The van der Waals surface area contributed by atoms with E-state index in [1.54, 1.807) is 22.7 Å². The zero-order valence-corrected chi connectivity index (χ0v) is 13.6. The molecule has 0 unspecified atom stereocenters. The Kier molecular flexibility index (Phi) is 5.76. The zero-order valence-electron chi connectivity index (χ0n) is 11.2. The van der Waals surface area contributed by atoms with Crippen molar-refractivity contribution in [3.63, 3.8) is 0 Å². The molecule has 19 heavy (non-hydrogen) atoms. The van der Waals surface area contributed by atoms with E-state index in [1.165, 1.54) is 10.7 Å². The lowest BCUT2D eigenvalue weighted by Gasteiger charge is -2.14. The molecular formula is C13H18ClN3S2. The number of thiazole rings is 2. The molecule has 2 aromatic rings. The van der Waals surface area contributed by atoms with Gasteiger partial charge in [0, 0.05) is 23.7 Å². The van der Waals surface area contributed by atoms with Crippen LogP contribution in [0.4, 0.5) is 0 Å². The minimum atomic E-state index is 0.513. The molecule has 0 saturated carbocycles. The van der Waals surface area contributed by atoms with Gasteiger partial charge in [0.05, 0.1) is 27.3 Å². The highest BCUT2D eigenvalue weighted by Gasteiger charge is 2.05. The van der Waals surface area contributed by atoms with Crippen molar-refractivity contribution in [2.75, 3.05) is 13.6 Å². The maximum absolute atomic E-state index is 5.75. The number of hydrogen-bond acceptors (Lipinski definition) is 5. The smallest absolute Gasteiger partial charge is 0.0929 e. The van der Waals surface area contributed by atoms with Crippen LogP contribution in [-0.4, -0.2) is 28.5 Å². The lowest BCUT2D eigenvalue weighted by atomic mass is 10.3. The maximum Gasteiger partial charge on any atom is 0.0929 e. The van der Waals surface area contributed by atoms with E-state index in [2.05, 4.69) is 27.3 Å². The zero-order chi connectivity index (χ0) is 13.7. The Labute approximate surface area is 127 Å². The van der Waals surface area contributed by atoms with E-state index < -0.39 is 0 Å². The number of nitrogens with zero attached hydrogens (tertiary/aromatic N) is 3. The van der Waals surface area contributed by atoms with Crippen LogP contribution in [0.5, 0.6) is 0 Å². The van der Waals surface area contributed by atoms with Crippen LogP contribution in [0.25, 0.3) is 0 Å². The lowest BCUT2D eigenvalue weighted by molar-refractivity contribution is 0.319. The molecule has 2 heterocycles. The van der Waals surface area contributed by atoms with Crippen LogP contribution in [0, 0.1) is 6.92 Å². The van der Waals surface area contributed by atoms with Crippen molar-refractivity contribution in [1.29, 1.82) is 0 Å². The monoisotopic (exact) mass is 315 g/mol. The molecule has 0 atom stereocenters. The van der Waals surface area contributed by atoms with Gasteiger partial charge in [0.2, 0.25) is 0 Å². The summed E-state index contributed by atoms with van der Waals surface area (Å²) in [7, 11) is 2.14. The predicted molar refractivity (Wildman–Crippen MR) is 83.2 cm³/mol. The molecule has 0 aliphatic heterocycles. The first kappa shape index (κ1) is 14.9. The van der Waals surface area contributed by atoms with Crippen molar-refractivity contribution in [3.8, 4) is 0 Å². The van der Waals surface area contributed by atoms with Crippen LogP contribution >= 0.6 is 34.3 Å². The van der Waals surface area contributed by atoms with Crippen molar-refractivity contribution in [2.45, 2.75) is 32.2 Å². The summed E-state index contributed by atoms with van der Waals surface area (Å²) in [6.45, 7) is 4.03. The molecule has 6 heteroatoms. The minimum absolute atomic E-state index is 0.513. The average Bonchev–Trinajstić information content (AvgIpc) is 2.98. The van der Waals surface area contributed by atoms with Crippen molar-refractivity contribution in [2.24, 2.45) is 0 Å². The normalized spacial score (nSPS) is 11.4. The van der Waals surface area contributed by atoms with Gasteiger partial charge in [-0.3, -0.25) is 0 Å². The third-order valence-electron chi connectivity index (χ3n) is 2.77. The van der Waals surface area contributed by atoms with Gasteiger partial charge in [-0.2, -0.15) is 0 Å². The van der Waals surface area contributed by atoms with Gasteiger partial charge < -0.3 is 4.90 Å². The second kappa shape index (κ2) is 7.33. The lowest BCUT2D eigenvalue weighted by Crippen LogP contribution is -2.19. The molecule has 0 bridgehead atoms. The Bertz CT molecular complexity index is 509. The predicted octanol–water partition coefficient (Wildman–Crippen LogP) is 3.71. The van der Waals surface area contributed by atoms with Gasteiger partial charge in [-0.1, -0.05) is 0 Å². The van der Waals surface area contributed by atoms with Gasteiger partial charge in [0.25, 0.3) is 0 Å². The molecule has 2 aromatic heterocycles. The quantitative estimate of drug-likeness (QED) is 0.729. The summed E-state index contributed by atoms with van der Waals surface area (Å²) in [5, 5.41) is 6.51. The summed E-state index contributed by atoms with van der Waals surface area (Å²) in [6.07, 6.45) is 2.15. The van der Waals surface area contributed by atoms with E-state index in [-0.39, 0.29) is 0 Å². The third-order valence-corrected chi connectivity index (χ3v) is 4.82. The fraction of sp³-hybridized carbons (Fsp3) is 0.538. The Balaban J connectivity index is 1.70. The summed E-state index contributed by atoms with van der Waals surface area (Å²) in [6, 6.07) is 0. The van der Waals surface area contributed by atoms with Gasteiger partial charge in [-0.05, 0) is 26.9 Å². The summed E-state index contributed by atoms with van der Waals surface area (Å²) in [4.78, 5) is 11.3. The summed E-state index contributed by atoms with van der Waals surface area (Å²) >= 11 is 9.17. The van der Waals surface area contributed by atoms with E-state index >= 15 is 0 Å². The molecule has 0 aliphatic rings. The summed E-state index contributed by atoms with van der Waals surface area (Å²) in [5.41, 5.74) is 2.16. The van der Waals surface area contributed by atoms with Gasteiger partial charge in [0.15, 0.2) is 0 Å². The Morgan fingerprint density at radius 2 is 2.00 bits per heavy atom. The highest BCUT2D eigenvalue weighted by molar-refractivity contribution is 7.09. The molecule has 0 aliphatic carbocycles. The standard InChI is InChI=1S/C13H18ClN3S2/c1-10-15-12(9-18-10)7-17(2)5-3-4-13-16-11(6-14)8-19-13/h8-9H,3-7H2,1-2H3. The molecule has 0 saturated heterocycles. The van der Waals surface area contributed by atoms with Crippen LogP contribution in [-0.2, 0) is 18.8 Å². The first-order chi connectivity index (χ1) is 9.17. The SMILES string of the molecule is Cc1nc(CN(C)CCCc2nc(CCl)cs2)cs1. The number of hydrogen-bond donors (Lipinski definition) is 0. The van der Waals surface area contributed by atoms with Crippen molar-refractivity contribution in [1.82, 2.24) is 14.9 Å². The van der Waals surface area contributed by atoms with E-state index in [1.807, 2.05) is 12.3 Å². The van der Waals surface area contributed by atoms with Crippen LogP contribution in [0.1, 0.15) is 27.8 Å². The Morgan fingerprint density at radius 3 is 2.63 bits per heavy atom. The average molecular weight is 316 g/mol. The maximum atomic E-state index is 5.75. The number of halogens is 1. The molecular weight excluding hydrogens is 298 g/mol. The molecule has 0 fully saturated rings. The third kappa shape index (κ3) is 4.84. The second-order valence-corrected chi connectivity index (χ2v) is 6.84. The number of aryl methyl sites for hydroxylation is 2. The first-order valence-electron chi connectivity index (χ1n) is 6.26. The highest BCUT2D eigenvalue weighted by Crippen LogP contribution is 2.14. The van der Waals surface area contributed by atoms with Gasteiger partial charge in [-0.15, -0.1) is 34.3 Å². The van der Waals surface area contributed by atoms with Crippen molar-refractivity contribution >= 4 is 34.3 Å². The molecule has 0 radical (unpaired) electrons. The number of aromatic nitrogens is 2. The van der Waals surface area contributed by atoms with E-state index in [9.17, 15) is 0 Å². The number of rotatable bonds is 7. The van der Waals surface area contributed by atoms with Crippen LogP contribution in [0.2, 0.25) is 0 Å². The molecule has 0 spiro atoms. The highest BCUT2D eigenvalue weighted by atomic mass is 35.5. The molecule has 0 amide bonds. The fourth-order valence-corrected chi connectivity index (χ4v) is 3.53. The van der Waals surface area contributed by atoms with Gasteiger partial charge >= 0.3 is 0 Å². The molecule has 0 aromatic carbocycles. The molecule has 2 rings (SSSR count). The van der Waals surface area contributed by atoms with Crippen LogP contribution in [0.15, 0.2) is 10.8 Å². The molecule has 104 valence electrons. The summed E-state index contributed by atoms with van der Waals surface area (Å²) in [5.74, 6) is 0.513. The van der Waals surface area contributed by atoms with Crippen LogP contribution < -0.4 is 0 Å². The molecule has 3 nitrogen and oxygen atoms in total. The second-order valence-electron chi connectivity index (χ2n) is 4.57. The first-order valence-corrected chi connectivity index (χ1v) is 8.55. The van der Waals surface area contributed by atoms with Gasteiger partial charge in [-0.25, -0.2) is 9.97 Å². The van der Waals surface area contributed by atoms with Gasteiger partial charge in [0.1, 0.15) is 0 Å². The van der Waals surface area contributed by atoms with E-state index in [0.717, 1.165) is 36.6 Å². The largest absolute Gasteiger partial charge is 0.301 e. The summed E-state index contributed by atoms with van der Waals surface area (Å²) < 4.78 is 0. The fourth-order valence-electron chi connectivity index (χ4n) is 1.86. The Hall–Kier alpha value is -0.490. The van der Waals surface area contributed by atoms with E-state index in [0.29, 0.717) is 5.88 Å². The molecule has 0 N–H and O–H groups in total.